The second kappa shape index (κ2) is 5.96. The molecule has 0 saturated carbocycles. The number of aromatic nitrogens is 1. The van der Waals surface area contributed by atoms with Gasteiger partial charge in [0.1, 0.15) is 5.82 Å². The van der Waals surface area contributed by atoms with Crippen molar-refractivity contribution in [2.45, 2.75) is 26.3 Å². The Morgan fingerprint density at radius 3 is 2.96 bits per heavy atom. The minimum absolute atomic E-state index is 0.103. The number of benzene rings is 1. The number of nitrogens with zero attached hydrogens (tertiary/aromatic N) is 2. The molecule has 23 heavy (non-hydrogen) atoms. The van der Waals surface area contributed by atoms with Gasteiger partial charge in [0.15, 0.2) is 0 Å². The Morgan fingerprint density at radius 2 is 2.22 bits per heavy atom. The molecule has 1 fully saturated rings. The van der Waals surface area contributed by atoms with Crippen LogP contribution in [0.2, 0.25) is 0 Å². The molecule has 5 heteroatoms. The molecule has 1 saturated heterocycles. The number of carbonyl (C=O) groups is 1. The first-order valence-corrected chi connectivity index (χ1v) is 8.11. The second-order valence-corrected chi connectivity index (χ2v) is 6.88. The van der Waals surface area contributed by atoms with E-state index in [1.807, 2.05) is 24.6 Å². The van der Waals surface area contributed by atoms with Crippen molar-refractivity contribution in [3.05, 3.63) is 35.8 Å². The van der Waals surface area contributed by atoms with E-state index < -0.39 is 0 Å². The molecule has 1 N–H and O–H groups in total. The lowest BCUT2D eigenvalue weighted by molar-refractivity contribution is -0.132. The predicted octanol–water partition coefficient (Wildman–Crippen LogP) is 2.67. The zero-order chi connectivity index (χ0) is 16.6. The zero-order valence-electron chi connectivity index (χ0n) is 14.0. The normalized spacial score (nSPS) is 22.4. The SMILES string of the molecule is CNC(=O)C1(C)CCCN(Cc2cn(C)c3ccc(F)cc23)C1. The number of hydrogen-bond acceptors (Lipinski definition) is 2. The first-order chi connectivity index (χ1) is 10.9. The van der Waals surface area contributed by atoms with Gasteiger partial charge in [-0.05, 0) is 50.1 Å². The van der Waals surface area contributed by atoms with Crippen LogP contribution in [-0.2, 0) is 18.4 Å². The lowest BCUT2D eigenvalue weighted by atomic mass is 9.81. The summed E-state index contributed by atoms with van der Waals surface area (Å²) in [7, 11) is 3.68. The number of carbonyl (C=O) groups excluding carboxylic acids is 1. The third-order valence-corrected chi connectivity index (χ3v) is 4.98. The van der Waals surface area contributed by atoms with Gasteiger partial charge in [-0.3, -0.25) is 9.69 Å². The van der Waals surface area contributed by atoms with Gasteiger partial charge in [0.25, 0.3) is 0 Å². The summed E-state index contributed by atoms with van der Waals surface area (Å²) in [5.74, 6) is -0.107. The smallest absolute Gasteiger partial charge is 0.226 e. The molecule has 1 aromatic carbocycles. The molecule has 1 aliphatic heterocycles. The van der Waals surface area contributed by atoms with Crippen LogP contribution in [0.1, 0.15) is 25.3 Å². The third-order valence-electron chi connectivity index (χ3n) is 4.98. The van der Waals surface area contributed by atoms with Crippen molar-refractivity contribution in [3.63, 3.8) is 0 Å². The van der Waals surface area contributed by atoms with E-state index in [9.17, 15) is 9.18 Å². The van der Waals surface area contributed by atoms with Gasteiger partial charge in [-0.1, -0.05) is 0 Å². The Hall–Kier alpha value is -1.88. The van der Waals surface area contributed by atoms with Crippen molar-refractivity contribution in [2.75, 3.05) is 20.1 Å². The summed E-state index contributed by atoms with van der Waals surface area (Å²) in [4.78, 5) is 14.5. The van der Waals surface area contributed by atoms with Crippen molar-refractivity contribution in [3.8, 4) is 0 Å². The van der Waals surface area contributed by atoms with E-state index in [0.717, 1.165) is 48.9 Å². The largest absolute Gasteiger partial charge is 0.359 e. The number of aryl methyl sites for hydroxylation is 1. The quantitative estimate of drug-likeness (QED) is 0.945. The van der Waals surface area contributed by atoms with Crippen LogP contribution in [0.3, 0.4) is 0 Å². The highest BCUT2D eigenvalue weighted by molar-refractivity contribution is 5.84. The Labute approximate surface area is 136 Å². The van der Waals surface area contributed by atoms with Crippen LogP contribution >= 0.6 is 0 Å². The van der Waals surface area contributed by atoms with E-state index in [2.05, 4.69) is 16.4 Å². The van der Waals surface area contributed by atoms with Crippen LogP contribution in [-0.4, -0.2) is 35.5 Å². The molecule has 1 aliphatic rings. The van der Waals surface area contributed by atoms with Crippen LogP contribution < -0.4 is 5.32 Å². The van der Waals surface area contributed by atoms with Crippen molar-refractivity contribution in [1.82, 2.24) is 14.8 Å². The molecule has 0 bridgehead atoms. The predicted molar refractivity (Wildman–Crippen MR) is 89.6 cm³/mol. The fourth-order valence-electron chi connectivity index (χ4n) is 3.78. The zero-order valence-corrected chi connectivity index (χ0v) is 14.0. The molecule has 1 unspecified atom stereocenters. The van der Waals surface area contributed by atoms with Gasteiger partial charge in [0.2, 0.25) is 5.91 Å². The molecule has 1 amide bonds. The fourth-order valence-corrected chi connectivity index (χ4v) is 3.78. The first kappa shape index (κ1) is 16.0. The van der Waals surface area contributed by atoms with Gasteiger partial charge in [-0.2, -0.15) is 0 Å². The van der Waals surface area contributed by atoms with Gasteiger partial charge in [-0.25, -0.2) is 4.39 Å². The first-order valence-electron chi connectivity index (χ1n) is 8.11. The number of nitrogens with one attached hydrogen (secondary N) is 1. The number of amides is 1. The molecule has 1 aromatic heterocycles. The monoisotopic (exact) mass is 317 g/mol. The van der Waals surface area contributed by atoms with E-state index in [0.29, 0.717) is 0 Å². The van der Waals surface area contributed by atoms with E-state index in [1.54, 1.807) is 13.1 Å². The number of halogens is 1. The topological polar surface area (TPSA) is 37.3 Å². The Kier molecular flexibility index (Phi) is 4.15. The van der Waals surface area contributed by atoms with Gasteiger partial charge in [-0.15, -0.1) is 0 Å². The third kappa shape index (κ3) is 2.98. The Morgan fingerprint density at radius 1 is 1.43 bits per heavy atom. The average molecular weight is 317 g/mol. The van der Waals surface area contributed by atoms with Gasteiger partial charge in [0.05, 0.1) is 5.41 Å². The second-order valence-electron chi connectivity index (χ2n) is 6.88. The minimum Gasteiger partial charge on any atom is -0.359 e. The Balaban J connectivity index is 1.85. The van der Waals surface area contributed by atoms with Gasteiger partial charge >= 0.3 is 0 Å². The molecule has 4 nitrogen and oxygen atoms in total. The van der Waals surface area contributed by atoms with Crippen molar-refractivity contribution in [1.29, 1.82) is 0 Å². The summed E-state index contributed by atoms with van der Waals surface area (Å²) in [6, 6.07) is 4.92. The summed E-state index contributed by atoms with van der Waals surface area (Å²) in [6.45, 7) is 4.48. The fraction of sp³-hybridized carbons (Fsp3) is 0.500. The van der Waals surface area contributed by atoms with Crippen molar-refractivity contribution in [2.24, 2.45) is 12.5 Å². The highest BCUT2D eigenvalue weighted by Crippen LogP contribution is 2.31. The average Bonchev–Trinajstić information content (AvgIpc) is 2.82. The Bertz CT molecular complexity index is 739. The van der Waals surface area contributed by atoms with Crippen LogP contribution in [0, 0.1) is 11.2 Å². The van der Waals surface area contributed by atoms with Crippen molar-refractivity contribution < 1.29 is 9.18 Å². The molecule has 2 aromatic rings. The van der Waals surface area contributed by atoms with Crippen LogP contribution in [0.25, 0.3) is 10.9 Å². The van der Waals surface area contributed by atoms with Crippen LogP contribution in [0.5, 0.6) is 0 Å². The van der Waals surface area contributed by atoms with E-state index in [1.165, 1.54) is 6.07 Å². The maximum atomic E-state index is 13.6. The number of hydrogen-bond donors (Lipinski definition) is 1. The standard InChI is InChI=1S/C18H24FN3O/c1-18(17(23)20-2)7-4-8-22(12-18)11-13-10-21(3)16-6-5-14(19)9-15(13)16/h5-6,9-10H,4,7-8,11-12H2,1-3H3,(H,20,23). The highest BCUT2D eigenvalue weighted by atomic mass is 19.1. The summed E-state index contributed by atoms with van der Waals surface area (Å²) >= 11 is 0. The summed E-state index contributed by atoms with van der Waals surface area (Å²) in [5.41, 5.74) is 1.80. The number of likely N-dealkylation sites (tertiary alicyclic amines) is 1. The molecule has 0 radical (unpaired) electrons. The number of rotatable bonds is 3. The summed E-state index contributed by atoms with van der Waals surface area (Å²) in [6.07, 6.45) is 3.98. The molecule has 3 rings (SSSR count). The molecular weight excluding hydrogens is 293 g/mol. The van der Waals surface area contributed by atoms with Gasteiger partial charge < -0.3 is 9.88 Å². The van der Waals surface area contributed by atoms with E-state index in [4.69, 9.17) is 0 Å². The molecule has 0 aliphatic carbocycles. The number of fused-ring (bicyclic) bond motifs is 1. The number of piperidine rings is 1. The van der Waals surface area contributed by atoms with Crippen LogP contribution in [0.15, 0.2) is 24.4 Å². The lowest BCUT2D eigenvalue weighted by Gasteiger charge is -2.39. The van der Waals surface area contributed by atoms with Crippen LogP contribution in [0.4, 0.5) is 4.39 Å². The maximum absolute atomic E-state index is 13.6. The van der Waals surface area contributed by atoms with Crippen molar-refractivity contribution >= 4 is 16.8 Å². The maximum Gasteiger partial charge on any atom is 0.226 e. The van der Waals surface area contributed by atoms with E-state index in [-0.39, 0.29) is 17.1 Å². The van der Waals surface area contributed by atoms with Gasteiger partial charge in [0, 0.05) is 44.3 Å². The molecule has 1 atom stereocenters. The molecular formula is C18H24FN3O. The highest BCUT2D eigenvalue weighted by Gasteiger charge is 2.37. The van der Waals surface area contributed by atoms with E-state index >= 15 is 0 Å². The lowest BCUT2D eigenvalue weighted by Crippen LogP contribution is -2.49. The molecule has 0 spiro atoms. The summed E-state index contributed by atoms with van der Waals surface area (Å²) < 4.78 is 15.6. The summed E-state index contributed by atoms with van der Waals surface area (Å²) in [5, 5.41) is 3.74. The molecule has 124 valence electrons. The minimum atomic E-state index is -0.344. The molecule has 2 heterocycles.